The molecule has 0 radical (unpaired) electrons. The highest BCUT2D eigenvalue weighted by molar-refractivity contribution is 6.33. The van der Waals surface area contributed by atoms with E-state index in [1.807, 2.05) is 6.92 Å². The molecule has 1 aromatic heterocycles. The summed E-state index contributed by atoms with van der Waals surface area (Å²) in [5, 5.41) is 4.29. The fourth-order valence-corrected chi connectivity index (χ4v) is 1.41. The van der Waals surface area contributed by atoms with Gasteiger partial charge in [-0.1, -0.05) is 29.7 Å². The lowest BCUT2D eigenvalue weighted by Crippen LogP contribution is -1.91. The highest BCUT2D eigenvalue weighted by Gasteiger charge is 2.12. The summed E-state index contributed by atoms with van der Waals surface area (Å²) in [6.07, 6.45) is 0.726. The molecule has 1 aromatic carbocycles. The van der Waals surface area contributed by atoms with E-state index in [1.54, 1.807) is 18.2 Å². The van der Waals surface area contributed by atoms with Gasteiger partial charge in [-0.05, 0) is 12.1 Å². The van der Waals surface area contributed by atoms with Crippen LogP contribution in [0.15, 0.2) is 22.7 Å². The van der Waals surface area contributed by atoms with E-state index >= 15 is 0 Å². The molecule has 1 heterocycles. The molecule has 4 nitrogen and oxygen atoms in total. The van der Waals surface area contributed by atoms with Crippen molar-refractivity contribution in [3.05, 3.63) is 29.0 Å². The molecule has 0 fully saturated rings. The van der Waals surface area contributed by atoms with E-state index < -0.39 is 0 Å². The maximum absolute atomic E-state index is 5.89. The van der Waals surface area contributed by atoms with Gasteiger partial charge in [-0.15, -0.1) is 0 Å². The van der Waals surface area contributed by atoms with Crippen molar-refractivity contribution in [1.29, 1.82) is 0 Å². The molecule has 0 aliphatic rings. The zero-order valence-corrected chi connectivity index (χ0v) is 8.95. The van der Waals surface area contributed by atoms with Gasteiger partial charge in [-0.3, -0.25) is 0 Å². The van der Waals surface area contributed by atoms with Crippen LogP contribution in [-0.4, -0.2) is 10.1 Å². The largest absolute Gasteiger partial charge is 0.397 e. The summed E-state index contributed by atoms with van der Waals surface area (Å²) < 4.78 is 5.08. The summed E-state index contributed by atoms with van der Waals surface area (Å²) in [6.45, 7) is 1.95. The molecule has 2 N–H and O–H groups in total. The number of rotatable bonds is 2. The van der Waals surface area contributed by atoms with E-state index in [4.69, 9.17) is 21.9 Å². The van der Waals surface area contributed by atoms with Crippen molar-refractivity contribution in [2.75, 3.05) is 5.73 Å². The van der Waals surface area contributed by atoms with Gasteiger partial charge >= 0.3 is 0 Å². The molecule has 0 amide bonds. The Hall–Kier alpha value is -1.55. The van der Waals surface area contributed by atoms with Crippen LogP contribution in [0.3, 0.4) is 0 Å². The highest BCUT2D eigenvalue weighted by atomic mass is 35.5. The number of anilines is 1. The van der Waals surface area contributed by atoms with E-state index in [9.17, 15) is 0 Å². The molecule has 0 spiro atoms. The average molecular weight is 224 g/mol. The highest BCUT2D eigenvalue weighted by Crippen LogP contribution is 2.30. The smallest absolute Gasteiger partial charge is 0.260 e. The molecule has 0 saturated heterocycles. The van der Waals surface area contributed by atoms with Crippen molar-refractivity contribution < 1.29 is 4.52 Å². The summed E-state index contributed by atoms with van der Waals surface area (Å²) in [6, 6.07) is 5.31. The predicted molar refractivity (Wildman–Crippen MR) is 58.5 cm³/mol. The molecule has 0 saturated carbocycles. The van der Waals surface area contributed by atoms with Crippen molar-refractivity contribution >= 4 is 17.3 Å². The number of nitrogen functional groups attached to an aromatic ring is 1. The molecule has 0 aliphatic carbocycles. The number of aromatic nitrogens is 2. The van der Waals surface area contributed by atoms with Gasteiger partial charge in [0.2, 0.25) is 0 Å². The van der Waals surface area contributed by atoms with Crippen LogP contribution >= 0.6 is 11.6 Å². The zero-order valence-electron chi connectivity index (χ0n) is 8.20. The van der Waals surface area contributed by atoms with E-state index in [0.29, 0.717) is 28.0 Å². The number of hydrogen-bond donors (Lipinski definition) is 1. The van der Waals surface area contributed by atoms with E-state index in [0.717, 1.165) is 6.42 Å². The lowest BCUT2D eigenvalue weighted by molar-refractivity contribution is 0.423. The molecule has 0 aliphatic heterocycles. The topological polar surface area (TPSA) is 64.9 Å². The molecule has 2 rings (SSSR count). The van der Waals surface area contributed by atoms with E-state index in [2.05, 4.69) is 10.1 Å². The van der Waals surface area contributed by atoms with Crippen molar-refractivity contribution in [2.45, 2.75) is 13.3 Å². The van der Waals surface area contributed by atoms with Crippen LogP contribution in [0, 0.1) is 0 Å². The van der Waals surface area contributed by atoms with Gasteiger partial charge in [-0.2, -0.15) is 4.98 Å². The minimum absolute atomic E-state index is 0.409. The summed E-state index contributed by atoms with van der Waals surface area (Å²) in [4.78, 5) is 4.18. The summed E-state index contributed by atoms with van der Waals surface area (Å²) in [7, 11) is 0. The Labute approximate surface area is 92.0 Å². The Morgan fingerprint density at radius 1 is 1.47 bits per heavy atom. The standard InChI is InChI=1S/C10H10ClN3O/c1-2-8-13-10(15-14-8)6-4-3-5-7(11)9(6)12/h3-5H,2,12H2,1H3. The molecular weight excluding hydrogens is 214 g/mol. The number of nitrogens with zero attached hydrogens (tertiary/aromatic N) is 2. The number of benzene rings is 1. The molecular formula is C10H10ClN3O. The summed E-state index contributed by atoms with van der Waals surface area (Å²) in [5.74, 6) is 1.07. The van der Waals surface area contributed by atoms with Crippen LogP contribution in [0.1, 0.15) is 12.7 Å². The Morgan fingerprint density at radius 2 is 2.27 bits per heavy atom. The summed E-state index contributed by atoms with van der Waals surface area (Å²) in [5.41, 5.74) is 6.94. The van der Waals surface area contributed by atoms with Gasteiger partial charge in [-0.25, -0.2) is 0 Å². The molecule has 5 heteroatoms. The minimum atomic E-state index is 0.409. The fourth-order valence-electron chi connectivity index (χ4n) is 1.23. The van der Waals surface area contributed by atoms with Crippen molar-refractivity contribution in [3.8, 4) is 11.5 Å². The van der Waals surface area contributed by atoms with Crippen LogP contribution < -0.4 is 5.73 Å². The Morgan fingerprint density at radius 3 is 2.93 bits per heavy atom. The van der Waals surface area contributed by atoms with E-state index in [1.165, 1.54) is 0 Å². The van der Waals surface area contributed by atoms with E-state index in [-0.39, 0.29) is 0 Å². The Bertz CT molecular complexity index is 481. The van der Waals surface area contributed by atoms with Gasteiger partial charge in [0.15, 0.2) is 5.82 Å². The first kappa shape index (κ1) is 9.98. The van der Waals surface area contributed by atoms with Crippen LogP contribution in [0.25, 0.3) is 11.5 Å². The normalized spacial score (nSPS) is 10.5. The SMILES string of the molecule is CCc1noc(-c2cccc(Cl)c2N)n1. The third kappa shape index (κ3) is 1.80. The third-order valence-corrected chi connectivity index (χ3v) is 2.40. The monoisotopic (exact) mass is 223 g/mol. The van der Waals surface area contributed by atoms with Gasteiger partial charge in [0.1, 0.15) is 0 Å². The van der Waals surface area contributed by atoms with Gasteiger partial charge < -0.3 is 10.3 Å². The predicted octanol–water partition coefficient (Wildman–Crippen LogP) is 2.53. The number of halogens is 1. The Balaban J connectivity index is 2.49. The first-order chi connectivity index (χ1) is 7.22. The van der Waals surface area contributed by atoms with Crippen LogP contribution in [0.4, 0.5) is 5.69 Å². The second kappa shape index (κ2) is 3.90. The second-order valence-electron chi connectivity index (χ2n) is 3.07. The lowest BCUT2D eigenvalue weighted by atomic mass is 10.2. The minimum Gasteiger partial charge on any atom is -0.397 e. The maximum Gasteiger partial charge on any atom is 0.260 e. The van der Waals surface area contributed by atoms with Crippen molar-refractivity contribution in [3.63, 3.8) is 0 Å². The summed E-state index contributed by atoms with van der Waals surface area (Å²) >= 11 is 5.89. The third-order valence-electron chi connectivity index (χ3n) is 2.07. The van der Waals surface area contributed by atoms with Gasteiger partial charge in [0.25, 0.3) is 5.89 Å². The van der Waals surface area contributed by atoms with Crippen LogP contribution in [-0.2, 0) is 6.42 Å². The molecule has 0 atom stereocenters. The first-order valence-corrected chi connectivity index (χ1v) is 4.97. The molecule has 2 aromatic rings. The van der Waals surface area contributed by atoms with Gasteiger partial charge in [0, 0.05) is 6.42 Å². The number of aryl methyl sites for hydroxylation is 1. The lowest BCUT2D eigenvalue weighted by Gasteiger charge is -2.01. The first-order valence-electron chi connectivity index (χ1n) is 4.59. The zero-order chi connectivity index (χ0) is 10.8. The molecule has 0 unspecified atom stereocenters. The number of hydrogen-bond acceptors (Lipinski definition) is 4. The maximum atomic E-state index is 5.89. The van der Waals surface area contributed by atoms with Gasteiger partial charge in [0.05, 0.1) is 16.3 Å². The number of para-hydroxylation sites is 1. The Kier molecular flexibility index (Phi) is 2.60. The second-order valence-corrected chi connectivity index (χ2v) is 3.48. The van der Waals surface area contributed by atoms with Crippen molar-refractivity contribution in [1.82, 2.24) is 10.1 Å². The van der Waals surface area contributed by atoms with Crippen molar-refractivity contribution in [2.24, 2.45) is 0 Å². The average Bonchev–Trinajstić information content (AvgIpc) is 2.70. The van der Waals surface area contributed by atoms with Crippen LogP contribution in [0.2, 0.25) is 5.02 Å². The van der Waals surface area contributed by atoms with Crippen LogP contribution in [0.5, 0.6) is 0 Å². The molecule has 15 heavy (non-hydrogen) atoms. The molecule has 0 bridgehead atoms. The quantitative estimate of drug-likeness (QED) is 0.795. The fraction of sp³-hybridized carbons (Fsp3) is 0.200. The number of nitrogens with two attached hydrogens (primary N) is 1. The molecule has 78 valence electrons.